The summed E-state index contributed by atoms with van der Waals surface area (Å²) in [7, 11) is -1.74. The van der Waals surface area contributed by atoms with Gasteiger partial charge in [-0.15, -0.1) is 0 Å². The minimum Gasteiger partial charge on any atom is -0.497 e. The van der Waals surface area contributed by atoms with Crippen molar-refractivity contribution in [3.05, 3.63) is 54.0 Å². The van der Waals surface area contributed by atoms with E-state index >= 15 is 0 Å². The summed E-state index contributed by atoms with van der Waals surface area (Å²) in [6, 6.07) is 11.2. The topological polar surface area (TPSA) is 86.1 Å². The number of hydrogen-bond acceptors (Lipinski definition) is 5. The number of aryl methyl sites for hydroxylation is 2. The van der Waals surface area contributed by atoms with Gasteiger partial charge in [-0.1, -0.05) is 0 Å². The van der Waals surface area contributed by atoms with E-state index in [4.69, 9.17) is 4.74 Å². The number of aromatic nitrogens is 3. The number of anilines is 1. The maximum absolute atomic E-state index is 11.3. The largest absolute Gasteiger partial charge is 0.497 e. The average molecular weight is 372 g/mol. The summed E-state index contributed by atoms with van der Waals surface area (Å²) in [6.45, 7) is 3.93. The van der Waals surface area contributed by atoms with Crippen molar-refractivity contribution >= 4 is 15.8 Å². The lowest BCUT2D eigenvalue weighted by Crippen LogP contribution is -2.10. The number of pyridine rings is 1. The molecule has 0 aliphatic heterocycles. The molecule has 1 aromatic carbocycles. The van der Waals surface area contributed by atoms with Gasteiger partial charge in [0.25, 0.3) is 0 Å². The van der Waals surface area contributed by atoms with Gasteiger partial charge in [0.05, 0.1) is 24.7 Å². The summed E-state index contributed by atoms with van der Waals surface area (Å²) in [5, 5.41) is 4.56. The van der Waals surface area contributed by atoms with Gasteiger partial charge in [0.2, 0.25) is 10.0 Å². The van der Waals surface area contributed by atoms with Crippen LogP contribution in [-0.2, 0) is 10.0 Å². The van der Waals surface area contributed by atoms with Crippen LogP contribution in [0.4, 0.5) is 5.82 Å². The van der Waals surface area contributed by atoms with Gasteiger partial charge in [0.15, 0.2) is 0 Å². The van der Waals surface area contributed by atoms with Crippen molar-refractivity contribution in [3.8, 4) is 22.6 Å². The fourth-order valence-corrected chi connectivity index (χ4v) is 3.23. The maximum Gasteiger partial charge on any atom is 0.230 e. The van der Waals surface area contributed by atoms with Crippen molar-refractivity contribution in [2.24, 2.45) is 0 Å². The molecule has 0 fully saturated rings. The molecule has 0 radical (unpaired) electrons. The molecule has 2 heterocycles. The van der Waals surface area contributed by atoms with Crippen LogP contribution < -0.4 is 9.46 Å². The molecule has 3 rings (SSSR count). The van der Waals surface area contributed by atoms with E-state index in [-0.39, 0.29) is 5.82 Å². The highest BCUT2D eigenvalue weighted by molar-refractivity contribution is 7.92. The van der Waals surface area contributed by atoms with Crippen molar-refractivity contribution < 1.29 is 13.2 Å². The fraction of sp³-hybridized carbons (Fsp3) is 0.222. The predicted octanol–water partition coefficient (Wildman–Crippen LogP) is 2.93. The second kappa shape index (κ2) is 6.80. The molecule has 8 heteroatoms. The first-order valence-corrected chi connectivity index (χ1v) is 9.82. The van der Waals surface area contributed by atoms with E-state index in [1.54, 1.807) is 19.4 Å². The van der Waals surface area contributed by atoms with E-state index in [0.29, 0.717) is 0 Å². The summed E-state index contributed by atoms with van der Waals surface area (Å²) in [6.07, 6.45) is 2.72. The van der Waals surface area contributed by atoms with Crippen molar-refractivity contribution in [1.29, 1.82) is 0 Å². The third-order valence-electron chi connectivity index (χ3n) is 3.81. The SMILES string of the molecule is COc1ccc(-c2ccc(NS(C)(=O)=O)nc2)c(-n2nc(C)cc2C)c1. The molecular formula is C18H20N4O3S. The monoisotopic (exact) mass is 372 g/mol. The van der Waals surface area contributed by atoms with Crippen LogP contribution in [0.1, 0.15) is 11.4 Å². The Kier molecular flexibility index (Phi) is 4.69. The highest BCUT2D eigenvalue weighted by Gasteiger charge is 2.13. The molecule has 0 saturated heterocycles. The van der Waals surface area contributed by atoms with Gasteiger partial charge in [0.1, 0.15) is 11.6 Å². The number of nitrogens with one attached hydrogen (secondary N) is 1. The Morgan fingerprint density at radius 2 is 1.88 bits per heavy atom. The molecule has 0 unspecified atom stereocenters. The van der Waals surface area contributed by atoms with Gasteiger partial charge in [-0.05, 0) is 44.2 Å². The van der Waals surface area contributed by atoms with Crippen LogP contribution in [0.3, 0.4) is 0 Å². The molecule has 2 aromatic heterocycles. The van der Waals surface area contributed by atoms with Crippen molar-refractivity contribution in [1.82, 2.24) is 14.8 Å². The predicted molar refractivity (Wildman–Crippen MR) is 101 cm³/mol. The van der Waals surface area contributed by atoms with Gasteiger partial charge < -0.3 is 4.74 Å². The van der Waals surface area contributed by atoms with Crippen molar-refractivity contribution in [2.75, 3.05) is 18.1 Å². The second-order valence-corrected chi connectivity index (χ2v) is 7.78. The van der Waals surface area contributed by atoms with Gasteiger partial charge >= 0.3 is 0 Å². The molecule has 7 nitrogen and oxygen atoms in total. The second-order valence-electron chi connectivity index (χ2n) is 6.03. The standard InChI is InChI=1S/C18H20N4O3S/c1-12-9-13(2)22(20-12)17-10-15(25-3)6-7-16(17)14-5-8-18(19-11-14)21-26(4,23)24/h5-11H,1-4H3,(H,19,21). The first-order chi connectivity index (χ1) is 12.3. The zero-order chi connectivity index (χ0) is 18.9. The summed E-state index contributed by atoms with van der Waals surface area (Å²) < 4.78 is 32.2. The van der Waals surface area contributed by atoms with Crippen LogP contribution in [0.2, 0.25) is 0 Å². The molecule has 26 heavy (non-hydrogen) atoms. The Bertz CT molecular complexity index is 1040. The summed E-state index contributed by atoms with van der Waals surface area (Å²) in [4.78, 5) is 4.19. The number of hydrogen-bond donors (Lipinski definition) is 1. The van der Waals surface area contributed by atoms with Crippen LogP contribution >= 0.6 is 0 Å². The molecular weight excluding hydrogens is 352 g/mol. The Labute approximate surface area is 152 Å². The van der Waals surface area contributed by atoms with Crippen molar-refractivity contribution in [2.45, 2.75) is 13.8 Å². The van der Waals surface area contributed by atoms with Crippen LogP contribution in [-0.4, -0.2) is 36.5 Å². The highest BCUT2D eigenvalue weighted by Crippen LogP contribution is 2.31. The Balaban J connectivity index is 2.09. The Morgan fingerprint density at radius 1 is 1.12 bits per heavy atom. The van der Waals surface area contributed by atoms with Crippen LogP contribution in [0.5, 0.6) is 5.75 Å². The molecule has 0 atom stereocenters. The minimum atomic E-state index is -3.36. The number of ether oxygens (including phenoxy) is 1. The van der Waals surface area contributed by atoms with Gasteiger partial charge in [-0.25, -0.2) is 18.1 Å². The van der Waals surface area contributed by atoms with Crippen molar-refractivity contribution in [3.63, 3.8) is 0 Å². The molecule has 0 amide bonds. The van der Waals surface area contributed by atoms with Crippen LogP contribution in [0.15, 0.2) is 42.6 Å². The van der Waals surface area contributed by atoms with Gasteiger partial charge in [0, 0.05) is 29.1 Å². The molecule has 0 aliphatic rings. The maximum atomic E-state index is 11.3. The third kappa shape index (κ3) is 3.85. The van der Waals surface area contributed by atoms with E-state index in [9.17, 15) is 8.42 Å². The molecule has 0 aliphatic carbocycles. The number of nitrogens with zero attached hydrogens (tertiary/aromatic N) is 3. The number of sulfonamides is 1. The summed E-state index contributed by atoms with van der Waals surface area (Å²) in [5.41, 5.74) is 4.53. The minimum absolute atomic E-state index is 0.275. The number of methoxy groups -OCH3 is 1. The molecule has 3 aromatic rings. The lowest BCUT2D eigenvalue weighted by Gasteiger charge is -2.13. The van der Waals surface area contributed by atoms with Crippen LogP contribution in [0, 0.1) is 13.8 Å². The van der Waals surface area contributed by atoms with Gasteiger partial charge in [-0.2, -0.15) is 5.10 Å². The lowest BCUT2D eigenvalue weighted by atomic mass is 10.0. The van der Waals surface area contributed by atoms with E-state index in [0.717, 1.165) is 40.2 Å². The number of rotatable bonds is 5. The molecule has 0 spiro atoms. The smallest absolute Gasteiger partial charge is 0.230 e. The molecule has 0 saturated carbocycles. The Morgan fingerprint density at radius 3 is 2.42 bits per heavy atom. The third-order valence-corrected chi connectivity index (χ3v) is 4.39. The highest BCUT2D eigenvalue weighted by atomic mass is 32.2. The number of benzene rings is 1. The zero-order valence-electron chi connectivity index (χ0n) is 15.0. The van der Waals surface area contributed by atoms with E-state index < -0.39 is 10.0 Å². The Hall–Kier alpha value is -2.87. The zero-order valence-corrected chi connectivity index (χ0v) is 15.8. The van der Waals surface area contributed by atoms with E-state index in [2.05, 4.69) is 14.8 Å². The first-order valence-electron chi connectivity index (χ1n) is 7.93. The fourth-order valence-electron chi connectivity index (χ4n) is 2.73. The summed E-state index contributed by atoms with van der Waals surface area (Å²) >= 11 is 0. The van der Waals surface area contributed by atoms with E-state index in [1.807, 2.05) is 48.9 Å². The first kappa shape index (κ1) is 17.9. The quantitative estimate of drug-likeness (QED) is 0.744. The molecule has 1 N–H and O–H groups in total. The average Bonchev–Trinajstić information content (AvgIpc) is 2.92. The van der Waals surface area contributed by atoms with E-state index in [1.165, 1.54) is 0 Å². The molecule has 0 bridgehead atoms. The normalized spacial score (nSPS) is 11.4. The van der Waals surface area contributed by atoms with Gasteiger partial charge in [-0.3, -0.25) is 4.72 Å². The lowest BCUT2D eigenvalue weighted by molar-refractivity contribution is 0.414. The summed E-state index contributed by atoms with van der Waals surface area (Å²) in [5.74, 6) is 0.997. The van der Waals surface area contributed by atoms with Crippen LogP contribution in [0.25, 0.3) is 16.8 Å². The molecule has 136 valence electrons.